The molecule has 0 saturated carbocycles. The summed E-state index contributed by atoms with van der Waals surface area (Å²) in [7, 11) is 6.72. The number of quaternary nitrogens is 1. The third-order valence-electron chi connectivity index (χ3n) is 1.30. The summed E-state index contributed by atoms with van der Waals surface area (Å²) in [6.45, 7) is 8.07. The maximum atomic E-state index is 2.27. The molecule has 0 aliphatic heterocycles. The second kappa shape index (κ2) is 5.70. The molecule has 0 unspecified atom stereocenters. The van der Waals surface area contributed by atoms with Crippen molar-refractivity contribution in [2.24, 2.45) is 0 Å². The fourth-order valence-corrected chi connectivity index (χ4v) is 1.88. The lowest BCUT2D eigenvalue weighted by Crippen LogP contribution is -3.00. The van der Waals surface area contributed by atoms with Gasteiger partial charge in [-0.25, -0.2) is 0 Å². The van der Waals surface area contributed by atoms with Gasteiger partial charge in [-0.3, -0.25) is 0 Å². The number of halogens is 1. The summed E-state index contributed by atoms with van der Waals surface area (Å²) in [5.74, 6) is 1.26. The van der Waals surface area contributed by atoms with Crippen molar-refractivity contribution in [3.8, 4) is 0 Å². The van der Waals surface area contributed by atoms with Gasteiger partial charge in [0.2, 0.25) is 0 Å². The molecular formula is C9H22INS. The highest BCUT2D eigenvalue weighted by Gasteiger charge is 2.13. The summed E-state index contributed by atoms with van der Waals surface area (Å²) >= 11 is 2.04. The first kappa shape index (κ1) is 15.5. The highest BCUT2D eigenvalue weighted by atomic mass is 127. The first-order valence-corrected chi connectivity index (χ1v) is 5.14. The smallest absolute Gasteiger partial charge is 0.0872 e. The molecule has 0 fully saturated rings. The van der Waals surface area contributed by atoms with Gasteiger partial charge in [0, 0.05) is 10.5 Å². The summed E-state index contributed by atoms with van der Waals surface area (Å²) in [6, 6.07) is 0. The van der Waals surface area contributed by atoms with Crippen LogP contribution in [0.2, 0.25) is 0 Å². The number of rotatable bonds is 3. The number of hydrogen-bond donors (Lipinski definition) is 0. The van der Waals surface area contributed by atoms with Gasteiger partial charge in [0.05, 0.1) is 27.7 Å². The van der Waals surface area contributed by atoms with Gasteiger partial charge in [-0.2, -0.15) is 11.8 Å². The van der Waals surface area contributed by atoms with Crippen LogP contribution in [-0.2, 0) is 0 Å². The molecule has 76 valence electrons. The van der Waals surface area contributed by atoms with Gasteiger partial charge < -0.3 is 28.5 Å². The van der Waals surface area contributed by atoms with Crippen LogP contribution in [0.1, 0.15) is 20.8 Å². The third kappa shape index (κ3) is 13.6. The highest BCUT2D eigenvalue weighted by Crippen LogP contribution is 2.22. The van der Waals surface area contributed by atoms with E-state index in [-0.39, 0.29) is 24.0 Å². The van der Waals surface area contributed by atoms with Crippen LogP contribution in [0.5, 0.6) is 0 Å². The van der Waals surface area contributed by atoms with Crippen LogP contribution in [-0.4, -0.2) is 42.7 Å². The zero-order valence-electron chi connectivity index (χ0n) is 9.15. The average Bonchev–Trinajstić information content (AvgIpc) is 1.55. The average molecular weight is 303 g/mol. The van der Waals surface area contributed by atoms with Crippen LogP contribution in [0.4, 0.5) is 0 Å². The molecule has 1 nitrogen and oxygen atoms in total. The molecule has 0 spiro atoms. The summed E-state index contributed by atoms with van der Waals surface area (Å²) in [6.07, 6.45) is 0. The molecule has 0 amide bonds. The Hall–Kier alpha value is 1.04. The zero-order valence-corrected chi connectivity index (χ0v) is 12.1. The molecule has 0 rings (SSSR count). The standard InChI is InChI=1S/C9H22NS.HI/c1-9(2,3)11-8-7-10(4,5)6;/h7-8H2,1-6H3;1H/q+1;/p-1. The van der Waals surface area contributed by atoms with Crippen molar-refractivity contribution in [2.45, 2.75) is 25.5 Å². The van der Waals surface area contributed by atoms with Gasteiger partial charge >= 0.3 is 0 Å². The minimum atomic E-state index is 0. The second-order valence-corrected chi connectivity index (χ2v) is 6.90. The maximum absolute atomic E-state index is 2.27. The summed E-state index contributed by atoms with van der Waals surface area (Å²) in [5.41, 5.74) is 0. The Morgan fingerprint density at radius 1 is 1.08 bits per heavy atom. The van der Waals surface area contributed by atoms with E-state index in [9.17, 15) is 0 Å². The Morgan fingerprint density at radius 3 is 1.75 bits per heavy atom. The van der Waals surface area contributed by atoms with E-state index in [1.807, 2.05) is 11.8 Å². The van der Waals surface area contributed by atoms with E-state index in [4.69, 9.17) is 0 Å². The monoisotopic (exact) mass is 303 g/mol. The lowest BCUT2D eigenvalue weighted by Gasteiger charge is -2.25. The van der Waals surface area contributed by atoms with E-state index in [0.29, 0.717) is 4.75 Å². The number of hydrogen-bond acceptors (Lipinski definition) is 1. The third-order valence-corrected chi connectivity index (χ3v) is 2.55. The molecule has 0 saturated heterocycles. The van der Waals surface area contributed by atoms with Crippen molar-refractivity contribution in [3.63, 3.8) is 0 Å². The van der Waals surface area contributed by atoms with E-state index in [1.165, 1.54) is 12.3 Å². The molecule has 0 bridgehead atoms. The molecule has 0 radical (unpaired) electrons. The summed E-state index contributed by atoms with van der Waals surface area (Å²) < 4.78 is 1.50. The molecular weight excluding hydrogens is 281 g/mol. The molecule has 0 aromatic rings. The van der Waals surface area contributed by atoms with Crippen LogP contribution in [0.25, 0.3) is 0 Å². The Kier molecular flexibility index (Phi) is 7.37. The minimum absolute atomic E-state index is 0. The molecule has 0 aromatic carbocycles. The molecule has 0 N–H and O–H groups in total. The molecule has 0 aliphatic carbocycles. The first-order valence-electron chi connectivity index (χ1n) is 4.15. The van der Waals surface area contributed by atoms with Crippen molar-refractivity contribution in [2.75, 3.05) is 33.4 Å². The summed E-state index contributed by atoms with van der Waals surface area (Å²) in [4.78, 5) is 0. The van der Waals surface area contributed by atoms with Crippen LogP contribution in [0.15, 0.2) is 0 Å². The van der Waals surface area contributed by atoms with Crippen LogP contribution < -0.4 is 24.0 Å². The van der Waals surface area contributed by atoms with Crippen molar-refractivity contribution >= 4 is 11.8 Å². The fraction of sp³-hybridized carbons (Fsp3) is 1.00. The van der Waals surface area contributed by atoms with E-state index in [0.717, 1.165) is 4.48 Å². The van der Waals surface area contributed by atoms with Crippen LogP contribution in [0.3, 0.4) is 0 Å². The van der Waals surface area contributed by atoms with Crippen LogP contribution in [0, 0.1) is 0 Å². The summed E-state index contributed by atoms with van der Waals surface area (Å²) in [5, 5.41) is 0. The van der Waals surface area contributed by atoms with Crippen molar-refractivity contribution in [3.05, 3.63) is 0 Å². The number of thioether (sulfide) groups is 1. The zero-order chi connectivity index (χ0) is 9.12. The Labute approximate surface area is 98.9 Å². The number of nitrogens with zero attached hydrogens (tertiary/aromatic N) is 1. The lowest BCUT2D eigenvalue weighted by molar-refractivity contribution is -0.867. The van der Waals surface area contributed by atoms with Crippen molar-refractivity contribution < 1.29 is 28.5 Å². The Bertz CT molecular complexity index is 98.7. The lowest BCUT2D eigenvalue weighted by atomic mass is 10.3. The van der Waals surface area contributed by atoms with Gasteiger partial charge in [-0.15, -0.1) is 0 Å². The Morgan fingerprint density at radius 2 is 1.50 bits per heavy atom. The Balaban J connectivity index is 0. The fourth-order valence-electron chi connectivity index (χ4n) is 0.626. The minimum Gasteiger partial charge on any atom is -1.00 e. The first-order chi connectivity index (χ1) is 4.71. The SMILES string of the molecule is CC(C)(C)SCC[N+](C)(C)C.[I-]. The highest BCUT2D eigenvalue weighted by molar-refractivity contribution is 8.00. The van der Waals surface area contributed by atoms with E-state index in [1.54, 1.807) is 0 Å². The van der Waals surface area contributed by atoms with Gasteiger partial charge in [0.1, 0.15) is 0 Å². The van der Waals surface area contributed by atoms with E-state index >= 15 is 0 Å². The molecule has 0 aromatic heterocycles. The van der Waals surface area contributed by atoms with Gasteiger partial charge in [0.15, 0.2) is 0 Å². The largest absolute Gasteiger partial charge is 1.00 e. The maximum Gasteiger partial charge on any atom is 0.0872 e. The van der Waals surface area contributed by atoms with E-state index in [2.05, 4.69) is 41.9 Å². The van der Waals surface area contributed by atoms with Gasteiger partial charge in [-0.1, -0.05) is 20.8 Å². The molecule has 12 heavy (non-hydrogen) atoms. The van der Waals surface area contributed by atoms with Gasteiger partial charge in [0.25, 0.3) is 0 Å². The van der Waals surface area contributed by atoms with Crippen molar-refractivity contribution in [1.82, 2.24) is 0 Å². The molecule has 0 heterocycles. The molecule has 0 aliphatic rings. The predicted molar refractivity (Wildman–Crippen MR) is 55.1 cm³/mol. The molecule has 0 atom stereocenters. The van der Waals surface area contributed by atoms with Crippen LogP contribution >= 0.6 is 11.8 Å². The van der Waals surface area contributed by atoms with Gasteiger partial charge in [-0.05, 0) is 0 Å². The van der Waals surface area contributed by atoms with Crippen molar-refractivity contribution in [1.29, 1.82) is 0 Å². The normalized spacial score (nSPS) is 12.5. The topological polar surface area (TPSA) is 0 Å². The quantitative estimate of drug-likeness (QED) is 0.487. The second-order valence-electron chi connectivity index (χ2n) is 4.97. The van der Waals surface area contributed by atoms with E-state index < -0.39 is 0 Å². The molecule has 3 heteroatoms. The predicted octanol–water partition coefficient (Wildman–Crippen LogP) is -0.772.